The minimum atomic E-state index is 0.554. The van der Waals surface area contributed by atoms with Crippen LogP contribution in [0.25, 0.3) is 5.57 Å². The van der Waals surface area contributed by atoms with Gasteiger partial charge in [0.05, 0.1) is 13.2 Å². The molecule has 0 atom stereocenters. The molecule has 4 heteroatoms. The van der Waals surface area contributed by atoms with E-state index >= 15 is 0 Å². The normalized spacial score (nSPS) is 10.5. The quantitative estimate of drug-likeness (QED) is 0.522. The molecule has 0 spiro atoms. The Labute approximate surface area is 156 Å². The molecule has 0 saturated heterocycles. The van der Waals surface area contributed by atoms with Gasteiger partial charge >= 0.3 is 0 Å². The number of hydrogen-bond donors (Lipinski definition) is 0. The van der Waals surface area contributed by atoms with Crippen molar-refractivity contribution in [3.8, 4) is 11.5 Å². The van der Waals surface area contributed by atoms with Crippen LogP contribution in [0.4, 0.5) is 0 Å². The molecule has 140 valence electrons. The molecule has 2 rings (SSSR count). The summed E-state index contributed by atoms with van der Waals surface area (Å²) in [7, 11) is 0. The summed E-state index contributed by atoms with van der Waals surface area (Å²) in [6.07, 6.45) is 0. The van der Waals surface area contributed by atoms with Crippen molar-refractivity contribution in [2.45, 2.75) is 13.8 Å². The Balaban J connectivity index is 1.87. The van der Waals surface area contributed by atoms with Crippen LogP contribution in [-0.4, -0.2) is 39.6 Å². The summed E-state index contributed by atoms with van der Waals surface area (Å²) in [5, 5.41) is 0. The monoisotopic (exact) mass is 356 g/mol. The van der Waals surface area contributed by atoms with Gasteiger partial charge in [-0.3, -0.25) is 0 Å². The van der Waals surface area contributed by atoms with Crippen molar-refractivity contribution in [2.24, 2.45) is 0 Å². The Morgan fingerprint density at radius 3 is 1.38 bits per heavy atom. The lowest BCUT2D eigenvalue weighted by molar-refractivity contribution is 0.110. The van der Waals surface area contributed by atoms with E-state index in [4.69, 9.17) is 18.9 Å². The van der Waals surface area contributed by atoms with E-state index in [0.29, 0.717) is 39.6 Å². The predicted molar refractivity (Wildman–Crippen MR) is 105 cm³/mol. The topological polar surface area (TPSA) is 36.9 Å². The minimum Gasteiger partial charge on any atom is -0.491 e. The van der Waals surface area contributed by atoms with Gasteiger partial charge in [-0.15, -0.1) is 0 Å². The van der Waals surface area contributed by atoms with E-state index in [1.165, 1.54) is 0 Å². The van der Waals surface area contributed by atoms with Crippen molar-refractivity contribution in [3.63, 3.8) is 0 Å². The minimum absolute atomic E-state index is 0.554. The average molecular weight is 356 g/mol. The molecule has 0 amide bonds. The van der Waals surface area contributed by atoms with Crippen LogP contribution in [0.1, 0.15) is 25.0 Å². The highest BCUT2D eigenvalue weighted by Gasteiger charge is 2.04. The van der Waals surface area contributed by atoms with Gasteiger partial charge in [0.2, 0.25) is 0 Å². The van der Waals surface area contributed by atoms with Crippen LogP contribution >= 0.6 is 0 Å². The lowest BCUT2D eigenvalue weighted by atomic mass is 9.99. The molecular weight excluding hydrogens is 328 g/mol. The lowest BCUT2D eigenvalue weighted by Gasteiger charge is -2.10. The number of ether oxygens (including phenoxy) is 4. The molecule has 0 saturated carbocycles. The first-order valence-corrected chi connectivity index (χ1v) is 9.05. The Morgan fingerprint density at radius 1 is 0.654 bits per heavy atom. The zero-order valence-corrected chi connectivity index (χ0v) is 15.7. The fraction of sp³-hybridized carbons (Fsp3) is 0.364. The number of rotatable bonds is 12. The van der Waals surface area contributed by atoms with Crippen LogP contribution in [0.15, 0.2) is 55.1 Å². The molecule has 2 aromatic carbocycles. The molecule has 0 aliphatic carbocycles. The first-order chi connectivity index (χ1) is 12.7. The molecule has 0 aromatic heterocycles. The van der Waals surface area contributed by atoms with Crippen molar-refractivity contribution in [1.29, 1.82) is 0 Å². The third kappa shape index (κ3) is 6.54. The van der Waals surface area contributed by atoms with Crippen LogP contribution in [0, 0.1) is 0 Å². The fourth-order valence-corrected chi connectivity index (χ4v) is 2.40. The Kier molecular flexibility index (Phi) is 8.73. The Morgan fingerprint density at radius 2 is 1.04 bits per heavy atom. The maximum atomic E-state index is 5.64. The van der Waals surface area contributed by atoms with E-state index in [9.17, 15) is 0 Å². The summed E-state index contributed by atoms with van der Waals surface area (Å²) in [6.45, 7) is 11.9. The predicted octanol–water partition coefficient (Wildman–Crippen LogP) is 4.58. The van der Waals surface area contributed by atoms with Crippen LogP contribution in [0.5, 0.6) is 11.5 Å². The number of benzene rings is 2. The zero-order valence-electron chi connectivity index (χ0n) is 15.7. The van der Waals surface area contributed by atoms with E-state index in [1.54, 1.807) is 0 Å². The van der Waals surface area contributed by atoms with Crippen molar-refractivity contribution < 1.29 is 18.9 Å². The molecule has 0 unspecified atom stereocenters. The van der Waals surface area contributed by atoms with Gasteiger partial charge < -0.3 is 18.9 Å². The molecule has 0 heterocycles. The summed E-state index contributed by atoms with van der Waals surface area (Å²) in [4.78, 5) is 0. The second kappa shape index (κ2) is 11.3. The fourth-order valence-electron chi connectivity index (χ4n) is 2.40. The SMILES string of the molecule is C=C(c1ccc(OCCOCC)cc1)c1ccc(OCCOCC)cc1. The summed E-state index contributed by atoms with van der Waals surface area (Å²) >= 11 is 0. The first-order valence-electron chi connectivity index (χ1n) is 9.05. The molecule has 0 radical (unpaired) electrons. The summed E-state index contributed by atoms with van der Waals surface area (Å²) < 4.78 is 21.8. The molecule has 0 N–H and O–H groups in total. The van der Waals surface area contributed by atoms with Gasteiger partial charge in [-0.1, -0.05) is 30.8 Å². The largest absolute Gasteiger partial charge is 0.491 e. The van der Waals surface area contributed by atoms with Gasteiger partial charge in [-0.2, -0.15) is 0 Å². The Bertz CT molecular complexity index is 589. The van der Waals surface area contributed by atoms with Gasteiger partial charge in [0.25, 0.3) is 0 Å². The van der Waals surface area contributed by atoms with Crippen molar-refractivity contribution >= 4 is 5.57 Å². The standard InChI is InChI=1S/C22H28O4/c1-4-23-14-16-25-21-10-6-19(7-11-21)18(3)20-8-12-22(13-9-20)26-17-15-24-5-2/h6-13H,3-5,14-17H2,1-2H3. The van der Waals surface area contributed by atoms with Gasteiger partial charge in [0.1, 0.15) is 24.7 Å². The molecule has 2 aromatic rings. The second-order valence-electron chi connectivity index (χ2n) is 5.62. The van der Waals surface area contributed by atoms with Gasteiger partial charge in [0.15, 0.2) is 0 Å². The first kappa shape index (κ1) is 20.0. The van der Waals surface area contributed by atoms with Crippen LogP contribution < -0.4 is 9.47 Å². The highest BCUT2D eigenvalue weighted by molar-refractivity contribution is 5.78. The molecule has 26 heavy (non-hydrogen) atoms. The summed E-state index contributed by atoms with van der Waals surface area (Å²) in [5.74, 6) is 1.67. The third-order valence-electron chi connectivity index (χ3n) is 3.81. The molecular formula is C22H28O4. The van der Waals surface area contributed by atoms with E-state index in [-0.39, 0.29) is 0 Å². The van der Waals surface area contributed by atoms with Crippen molar-refractivity contribution in [2.75, 3.05) is 39.6 Å². The highest BCUT2D eigenvalue weighted by atomic mass is 16.5. The lowest BCUT2D eigenvalue weighted by Crippen LogP contribution is -2.06. The maximum Gasteiger partial charge on any atom is 0.119 e. The van der Waals surface area contributed by atoms with Crippen LogP contribution in [0.2, 0.25) is 0 Å². The zero-order chi connectivity index (χ0) is 18.6. The van der Waals surface area contributed by atoms with Crippen LogP contribution in [0.3, 0.4) is 0 Å². The van der Waals surface area contributed by atoms with E-state index < -0.39 is 0 Å². The molecule has 4 nitrogen and oxygen atoms in total. The van der Waals surface area contributed by atoms with E-state index in [2.05, 4.69) is 6.58 Å². The van der Waals surface area contributed by atoms with E-state index in [0.717, 1.165) is 28.2 Å². The molecule has 0 bridgehead atoms. The highest BCUT2D eigenvalue weighted by Crippen LogP contribution is 2.25. The molecule has 0 fully saturated rings. The van der Waals surface area contributed by atoms with Crippen molar-refractivity contribution in [3.05, 3.63) is 66.2 Å². The smallest absolute Gasteiger partial charge is 0.119 e. The summed E-state index contributed by atoms with van der Waals surface area (Å²) in [5.41, 5.74) is 3.09. The maximum absolute atomic E-state index is 5.64. The molecule has 0 aliphatic heterocycles. The number of hydrogen-bond acceptors (Lipinski definition) is 4. The van der Waals surface area contributed by atoms with Gasteiger partial charge in [-0.05, 0) is 54.8 Å². The summed E-state index contributed by atoms with van der Waals surface area (Å²) in [6, 6.07) is 15.9. The van der Waals surface area contributed by atoms with Gasteiger partial charge in [-0.25, -0.2) is 0 Å². The van der Waals surface area contributed by atoms with Gasteiger partial charge in [0, 0.05) is 13.2 Å². The second-order valence-corrected chi connectivity index (χ2v) is 5.62. The third-order valence-corrected chi connectivity index (χ3v) is 3.81. The van der Waals surface area contributed by atoms with E-state index in [1.807, 2.05) is 62.4 Å². The average Bonchev–Trinajstić information content (AvgIpc) is 2.69. The molecule has 0 aliphatic rings. The Hall–Kier alpha value is -2.30. The van der Waals surface area contributed by atoms with Crippen molar-refractivity contribution in [1.82, 2.24) is 0 Å². The van der Waals surface area contributed by atoms with Crippen LogP contribution in [-0.2, 0) is 9.47 Å².